The van der Waals surface area contributed by atoms with Gasteiger partial charge in [-0.3, -0.25) is 9.59 Å². The average Bonchev–Trinajstić information content (AvgIpc) is 3.08. The quantitative estimate of drug-likeness (QED) is 0.593. The number of aromatic nitrogens is 1. The van der Waals surface area contributed by atoms with Gasteiger partial charge in [0.25, 0.3) is 11.8 Å². The number of likely N-dealkylation sites (N-methyl/N-ethyl adjacent to an activating group) is 1. The molecular formula is C22H23N3O3S. The Labute approximate surface area is 173 Å². The van der Waals surface area contributed by atoms with E-state index in [1.807, 2.05) is 44.2 Å². The van der Waals surface area contributed by atoms with Crippen molar-refractivity contribution < 1.29 is 14.3 Å². The van der Waals surface area contributed by atoms with Gasteiger partial charge in [-0.05, 0) is 43.7 Å². The van der Waals surface area contributed by atoms with Gasteiger partial charge in [-0.15, -0.1) is 11.3 Å². The van der Waals surface area contributed by atoms with Crippen LogP contribution < -0.4 is 15.4 Å². The third-order valence-corrected chi connectivity index (χ3v) is 5.26. The van der Waals surface area contributed by atoms with E-state index in [1.165, 1.54) is 11.3 Å². The first-order valence-electron chi connectivity index (χ1n) is 9.36. The lowest BCUT2D eigenvalue weighted by molar-refractivity contribution is -0.122. The molecule has 0 fully saturated rings. The van der Waals surface area contributed by atoms with E-state index in [9.17, 15) is 9.59 Å². The van der Waals surface area contributed by atoms with Crippen LogP contribution in [0.5, 0.6) is 5.75 Å². The molecule has 6 nitrogen and oxygen atoms in total. The normalized spacial score (nSPS) is 10.4. The van der Waals surface area contributed by atoms with Gasteiger partial charge < -0.3 is 15.4 Å². The molecule has 7 heteroatoms. The van der Waals surface area contributed by atoms with E-state index in [0.717, 1.165) is 16.3 Å². The van der Waals surface area contributed by atoms with Gasteiger partial charge in [0, 0.05) is 18.7 Å². The number of anilines is 1. The van der Waals surface area contributed by atoms with Crippen molar-refractivity contribution in [3.63, 3.8) is 0 Å². The molecule has 0 atom stereocenters. The lowest BCUT2D eigenvalue weighted by Crippen LogP contribution is -2.28. The summed E-state index contributed by atoms with van der Waals surface area (Å²) in [6, 6.07) is 17.0. The predicted molar refractivity (Wildman–Crippen MR) is 115 cm³/mol. The number of hydrogen-bond donors (Lipinski definition) is 2. The highest BCUT2D eigenvalue weighted by Crippen LogP contribution is 2.23. The molecule has 0 aliphatic carbocycles. The lowest BCUT2D eigenvalue weighted by atomic mass is 10.2. The van der Waals surface area contributed by atoms with Gasteiger partial charge in [0.15, 0.2) is 6.61 Å². The zero-order chi connectivity index (χ0) is 20.6. The second-order valence-electron chi connectivity index (χ2n) is 6.41. The molecule has 3 aromatic rings. The maximum absolute atomic E-state index is 12.6. The van der Waals surface area contributed by atoms with Crippen molar-refractivity contribution in [1.29, 1.82) is 0 Å². The Hall–Kier alpha value is -3.19. The minimum absolute atomic E-state index is 0.0379. The van der Waals surface area contributed by atoms with E-state index in [4.69, 9.17) is 4.74 Å². The summed E-state index contributed by atoms with van der Waals surface area (Å²) in [4.78, 5) is 29.2. The van der Waals surface area contributed by atoms with Crippen molar-refractivity contribution in [3.8, 4) is 5.75 Å². The molecule has 0 radical (unpaired) electrons. The third kappa shape index (κ3) is 5.89. The highest BCUT2D eigenvalue weighted by molar-refractivity contribution is 7.14. The van der Waals surface area contributed by atoms with Crippen LogP contribution in [0.3, 0.4) is 0 Å². The number of carbonyl (C=O) groups is 2. The Balaban J connectivity index is 1.59. The first-order valence-corrected chi connectivity index (χ1v) is 10.2. The smallest absolute Gasteiger partial charge is 0.267 e. The van der Waals surface area contributed by atoms with Crippen molar-refractivity contribution in [2.45, 2.75) is 20.3 Å². The van der Waals surface area contributed by atoms with Crippen LogP contribution in [0, 0.1) is 6.92 Å². The summed E-state index contributed by atoms with van der Waals surface area (Å²) in [5.74, 6) is 0.209. The van der Waals surface area contributed by atoms with Crippen LogP contribution in [-0.2, 0) is 11.2 Å². The number of carbonyl (C=O) groups excluding carboxylic acids is 2. The first kappa shape index (κ1) is 20.5. The molecule has 29 heavy (non-hydrogen) atoms. The van der Waals surface area contributed by atoms with Crippen molar-refractivity contribution in [2.75, 3.05) is 18.5 Å². The van der Waals surface area contributed by atoms with Crippen LogP contribution in [0.1, 0.15) is 32.9 Å². The molecule has 0 unspecified atom stereocenters. The number of hydrogen-bond acceptors (Lipinski definition) is 5. The Kier molecular flexibility index (Phi) is 6.97. The molecule has 150 valence electrons. The fourth-order valence-electron chi connectivity index (χ4n) is 2.73. The summed E-state index contributed by atoms with van der Waals surface area (Å²) in [6.07, 6.45) is 0.706. The fourth-order valence-corrected chi connectivity index (χ4v) is 3.72. The molecule has 0 saturated carbocycles. The summed E-state index contributed by atoms with van der Waals surface area (Å²) in [5, 5.41) is 6.46. The number of rotatable bonds is 8. The van der Waals surface area contributed by atoms with Crippen LogP contribution in [0.25, 0.3) is 0 Å². The highest BCUT2D eigenvalue weighted by atomic mass is 32.1. The number of thiazole rings is 1. The van der Waals surface area contributed by atoms with Crippen molar-refractivity contribution >= 4 is 28.8 Å². The molecule has 2 N–H and O–H groups in total. The minimum Gasteiger partial charge on any atom is -0.484 e. The largest absolute Gasteiger partial charge is 0.484 e. The molecule has 1 aromatic heterocycles. The van der Waals surface area contributed by atoms with E-state index in [-0.39, 0.29) is 18.4 Å². The average molecular weight is 410 g/mol. The first-order chi connectivity index (χ1) is 14.0. The maximum atomic E-state index is 12.6. The van der Waals surface area contributed by atoms with Gasteiger partial charge in [0.2, 0.25) is 0 Å². The summed E-state index contributed by atoms with van der Waals surface area (Å²) in [7, 11) is 0. The number of aryl methyl sites for hydroxylation is 1. The van der Waals surface area contributed by atoms with Crippen molar-refractivity contribution in [1.82, 2.24) is 10.3 Å². The van der Waals surface area contributed by atoms with Gasteiger partial charge in [0.05, 0.1) is 10.7 Å². The van der Waals surface area contributed by atoms with Gasteiger partial charge in [0.1, 0.15) is 10.6 Å². The molecule has 0 aliphatic heterocycles. The second-order valence-corrected chi connectivity index (χ2v) is 7.49. The zero-order valence-electron chi connectivity index (χ0n) is 16.4. The van der Waals surface area contributed by atoms with Crippen molar-refractivity contribution in [3.05, 3.63) is 75.7 Å². The molecule has 0 aliphatic rings. The Morgan fingerprint density at radius 2 is 1.79 bits per heavy atom. The van der Waals surface area contributed by atoms with E-state index in [1.54, 1.807) is 24.3 Å². The highest BCUT2D eigenvalue weighted by Gasteiger charge is 2.16. The molecular weight excluding hydrogens is 386 g/mol. The fraction of sp³-hybridized carbons (Fsp3) is 0.227. The van der Waals surface area contributed by atoms with Gasteiger partial charge in [-0.1, -0.05) is 30.3 Å². The van der Waals surface area contributed by atoms with Gasteiger partial charge in [-0.25, -0.2) is 4.98 Å². The Morgan fingerprint density at radius 1 is 1.07 bits per heavy atom. The van der Waals surface area contributed by atoms with Crippen LogP contribution in [0.4, 0.5) is 5.69 Å². The van der Waals surface area contributed by atoms with E-state index < -0.39 is 0 Å². The number of benzene rings is 2. The van der Waals surface area contributed by atoms with Crippen LogP contribution >= 0.6 is 11.3 Å². The Bertz CT molecular complexity index is 969. The molecule has 0 bridgehead atoms. The predicted octanol–water partition coefficient (Wildman–Crippen LogP) is 3.81. The summed E-state index contributed by atoms with van der Waals surface area (Å²) < 4.78 is 5.41. The zero-order valence-corrected chi connectivity index (χ0v) is 17.2. The molecule has 1 heterocycles. The van der Waals surface area contributed by atoms with E-state index in [0.29, 0.717) is 29.3 Å². The number of amides is 2. The van der Waals surface area contributed by atoms with Crippen molar-refractivity contribution in [2.24, 2.45) is 0 Å². The molecule has 2 aromatic carbocycles. The minimum atomic E-state index is -0.185. The Morgan fingerprint density at radius 3 is 2.48 bits per heavy atom. The van der Waals surface area contributed by atoms with Gasteiger partial charge in [-0.2, -0.15) is 0 Å². The SMILES string of the molecule is CCNC(=O)COc1ccc(NC(=O)c2sc(Cc3ccccc3)nc2C)cc1. The summed E-state index contributed by atoms with van der Waals surface area (Å²) in [5.41, 5.74) is 2.54. The molecule has 3 rings (SSSR count). The molecule has 0 saturated heterocycles. The van der Waals surface area contributed by atoms with E-state index in [2.05, 4.69) is 15.6 Å². The van der Waals surface area contributed by atoms with E-state index >= 15 is 0 Å². The van der Waals surface area contributed by atoms with Gasteiger partial charge >= 0.3 is 0 Å². The summed E-state index contributed by atoms with van der Waals surface area (Å²) in [6.45, 7) is 4.23. The van der Waals surface area contributed by atoms with Crippen LogP contribution in [0.2, 0.25) is 0 Å². The van der Waals surface area contributed by atoms with Crippen LogP contribution in [0.15, 0.2) is 54.6 Å². The topological polar surface area (TPSA) is 80.3 Å². The van der Waals surface area contributed by atoms with Crippen LogP contribution in [-0.4, -0.2) is 29.9 Å². The molecule has 2 amide bonds. The number of nitrogens with one attached hydrogen (secondary N) is 2. The third-order valence-electron chi connectivity index (χ3n) is 4.10. The summed E-state index contributed by atoms with van der Waals surface area (Å²) >= 11 is 1.41. The monoisotopic (exact) mass is 409 g/mol. The lowest BCUT2D eigenvalue weighted by Gasteiger charge is -2.08. The maximum Gasteiger partial charge on any atom is 0.267 e. The molecule has 0 spiro atoms. The number of ether oxygens (including phenoxy) is 1. The standard InChI is InChI=1S/C22H23N3O3S/c1-3-23-19(26)14-28-18-11-9-17(10-12-18)25-22(27)21-15(2)24-20(29-21)13-16-7-5-4-6-8-16/h4-12H,3,13-14H2,1-2H3,(H,23,26)(H,25,27). The second kappa shape index (κ2) is 9.84. The number of nitrogens with zero attached hydrogens (tertiary/aromatic N) is 1.